The Hall–Kier alpha value is -1.24. The van der Waals surface area contributed by atoms with Gasteiger partial charge in [-0.25, -0.2) is 8.78 Å². The van der Waals surface area contributed by atoms with Crippen LogP contribution >= 0.6 is 0 Å². The zero-order chi connectivity index (χ0) is 18.4. The fourth-order valence-electron chi connectivity index (χ4n) is 3.50. The van der Waals surface area contributed by atoms with Crippen LogP contribution in [0.3, 0.4) is 0 Å². The van der Waals surface area contributed by atoms with Crippen molar-refractivity contribution in [1.82, 2.24) is 4.90 Å². The third kappa shape index (κ3) is 5.12. The maximum absolute atomic E-state index is 13.3. The van der Waals surface area contributed by atoms with E-state index in [0.29, 0.717) is 19.0 Å². The highest BCUT2D eigenvalue weighted by atomic mass is 19.2. The van der Waals surface area contributed by atoms with Crippen LogP contribution in [0.25, 0.3) is 0 Å². The molecule has 1 aliphatic heterocycles. The van der Waals surface area contributed by atoms with Crippen LogP contribution in [-0.4, -0.2) is 52.6 Å². The van der Waals surface area contributed by atoms with Crippen molar-refractivity contribution in [1.29, 1.82) is 0 Å². The lowest BCUT2D eigenvalue weighted by Crippen LogP contribution is -2.61. The molecule has 1 aromatic carbocycles. The smallest absolute Gasteiger partial charge is 0.162 e. The highest BCUT2D eigenvalue weighted by molar-refractivity contribution is 5.23. The Balaban J connectivity index is 2.03. The van der Waals surface area contributed by atoms with E-state index in [1.807, 2.05) is 0 Å². The summed E-state index contributed by atoms with van der Waals surface area (Å²) in [6, 6.07) is 3.61. The van der Waals surface area contributed by atoms with E-state index in [9.17, 15) is 19.0 Å². The van der Waals surface area contributed by atoms with E-state index >= 15 is 0 Å². The van der Waals surface area contributed by atoms with Crippen LogP contribution in [0.15, 0.2) is 18.2 Å². The van der Waals surface area contributed by atoms with Gasteiger partial charge in [0.25, 0.3) is 0 Å². The zero-order valence-corrected chi connectivity index (χ0v) is 15.0. The van der Waals surface area contributed by atoms with E-state index in [1.165, 1.54) is 6.07 Å². The van der Waals surface area contributed by atoms with Gasteiger partial charge in [0.1, 0.15) is 18.0 Å². The molecule has 0 aliphatic carbocycles. The first-order valence-electron chi connectivity index (χ1n) is 9.12. The van der Waals surface area contributed by atoms with E-state index in [0.717, 1.165) is 44.4 Å². The van der Waals surface area contributed by atoms with Crippen molar-refractivity contribution in [2.24, 2.45) is 0 Å². The lowest BCUT2D eigenvalue weighted by molar-refractivity contribution is -0.146. The van der Waals surface area contributed by atoms with Gasteiger partial charge in [0, 0.05) is 25.2 Å². The van der Waals surface area contributed by atoms with Gasteiger partial charge < -0.3 is 14.9 Å². The molecular formula is C19H29F2NO3. The average molecular weight is 357 g/mol. The largest absolute Gasteiger partial charge is 0.490 e. The lowest BCUT2D eigenvalue weighted by Gasteiger charge is -2.45. The highest BCUT2D eigenvalue weighted by Crippen LogP contribution is 2.27. The molecule has 1 heterocycles. The minimum absolute atomic E-state index is 0.135. The number of β-amino-alcohol motifs (C(OH)–C–C–N with tert-alkyl or cyclic N) is 1. The van der Waals surface area contributed by atoms with Crippen molar-refractivity contribution in [2.75, 3.05) is 19.7 Å². The average Bonchev–Trinajstić information content (AvgIpc) is 2.58. The number of likely N-dealkylation sites (tertiary alicyclic amines) is 1. The zero-order valence-electron chi connectivity index (χ0n) is 15.0. The molecule has 0 amide bonds. The van der Waals surface area contributed by atoms with Crippen LogP contribution in [0, 0.1) is 11.6 Å². The van der Waals surface area contributed by atoms with Crippen molar-refractivity contribution in [3.63, 3.8) is 0 Å². The summed E-state index contributed by atoms with van der Waals surface area (Å²) in [6.07, 6.45) is 3.77. The minimum atomic E-state index is -1.43. The number of aliphatic hydroxyl groups is 2. The van der Waals surface area contributed by atoms with E-state index in [4.69, 9.17) is 4.74 Å². The fraction of sp³-hybridized carbons (Fsp3) is 0.684. The predicted molar refractivity (Wildman–Crippen MR) is 92.6 cm³/mol. The Morgan fingerprint density at radius 1 is 1.24 bits per heavy atom. The van der Waals surface area contributed by atoms with Gasteiger partial charge in [0.2, 0.25) is 0 Å². The van der Waals surface area contributed by atoms with E-state index < -0.39 is 23.3 Å². The second-order valence-corrected chi connectivity index (χ2v) is 6.97. The van der Waals surface area contributed by atoms with Crippen LogP contribution in [0.1, 0.15) is 46.0 Å². The Morgan fingerprint density at radius 3 is 2.52 bits per heavy atom. The summed E-state index contributed by atoms with van der Waals surface area (Å²) in [5.41, 5.74) is -1.43. The second kappa shape index (κ2) is 8.92. The maximum Gasteiger partial charge on any atom is 0.162 e. The molecule has 6 heteroatoms. The minimum Gasteiger partial charge on any atom is -0.490 e. The molecule has 0 unspecified atom stereocenters. The molecule has 4 nitrogen and oxygen atoms in total. The van der Waals surface area contributed by atoms with Gasteiger partial charge in [-0.15, -0.1) is 0 Å². The summed E-state index contributed by atoms with van der Waals surface area (Å²) in [5.74, 6) is -1.81. The summed E-state index contributed by atoms with van der Waals surface area (Å²) in [7, 11) is 0. The molecule has 1 aromatic rings. The molecule has 0 aromatic heterocycles. The molecule has 0 spiro atoms. The SMILES string of the molecule is CCCC(CCC)N1CC[C@H](O)[C@@](O)(COc2ccc(F)c(F)c2)C1. The van der Waals surface area contributed by atoms with Gasteiger partial charge in [0.15, 0.2) is 11.6 Å². The third-order valence-electron chi connectivity index (χ3n) is 4.93. The van der Waals surface area contributed by atoms with Gasteiger partial charge in [0.05, 0.1) is 6.10 Å². The van der Waals surface area contributed by atoms with Crippen molar-refractivity contribution >= 4 is 0 Å². The first-order chi connectivity index (χ1) is 11.9. The van der Waals surface area contributed by atoms with Crippen LogP contribution in [0.5, 0.6) is 5.75 Å². The van der Waals surface area contributed by atoms with Gasteiger partial charge in [-0.2, -0.15) is 0 Å². The van der Waals surface area contributed by atoms with Crippen LogP contribution in [0.4, 0.5) is 8.78 Å². The number of halogens is 2. The molecule has 25 heavy (non-hydrogen) atoms. The van der Waals surface area contributed by atoms with E-state index in [2.05, 4.69) is 18.7 Å². The van der Waals surface area contributed by atoms with Crippen molar-refractivity contribution < 1.29 is 23.7 Å². The number of hydrogen-bond donors (Lipinski definition) is 2. The number of hydrogen-bond acceptors (Lipinski definition) is 4. The first kappa shape index (κ1) is 20.1. The summed E-state index contributed by atoms with van der Waals surface area (Å²) in [4.78, 5) is 2.22. The van der Waals surface area contributed by atoms with Gasteiger partial charge >= 0.3 is 0 Å². The van der Waals surface area contributed by atoms with Crippen molar-refractivity contribution in [3.8, 4) is 5.75 Å². The summed E-state index contributed by atoms with van der Waals surface area (Å²) in [5, 5.41) is 21.2. The van der Waals surface area contributed by atoms with E-state index in [1.54, 1.807) is 0 Å². The summed E-state index contributed by atoms with van der Waals surface area (Å²) in [6.45, 7) is 5.15. The Kier molecular flexibility index (Phi) is 7.16. The Bertz CT molecular complexity index is 551. The maximum atomic E-state index is 13.3. The van der Waals surface area contributed by atoms with Crippen LogP contribution in [-0.2, 0) is 0 Å². The molecule has 0 bridgehead atoms. The van der Waals surface area contributed by atoms with Gasteiger partial charge in [-0.3, -0.25) is 4.90 Å². The highest BCUT2D eigenvalue weighted by Gasteiger charge is 2.43. The normalized spacial score (nSPS) is 24.7. The van der Waals surface area contributed by atoms with Gasteiger partial charge in [-0.05, 0) is 31.4 Å². The fourth-order valence-corrected chi connectivity index (χ4v) is 3.50. The van der Waals surface area contributed by atoms with Gasteiger partial charge in [-0.1, -0.05) is 26.7 Å². The van der Waals surface area contributed by atoms with Crippen molar-refractivity contribution in [2.45, 2.75) is 63.7 Å². The lowest BCUT2D eigenvalue weighted by atomic mass is 9.88. The predicted octanol–water partition coefficient (Wildman–Crippen LogP) is 3.11. The second-order valence-electron chi connectivity index (χ2n) is 6.97. The number of rotatable bonds is 8. The molecule has 0 radical (unpaired) electrons. The Morgan fingerprint density at radius 2 is 1.92 bits per heavy atom. The molecule has 2 rings (SSSR count). The van der Waals surface area contributed by atoms with Crippen LogP contribution < -0.4 is 4.74 Å². The molecule has 1 aliphatic rings. The molecule has 2 atom stereocenters. The molecule has 1 fully saturated rings. The molecule has 142 valence electrons. The summed E-state index contributed by atoms with van der Waals surface area (Å²) < 4.78 is 31.7. The first-order valence-corrected chi connectivity index (χ1v) is 9.12. The Labute approximate surface area is 148 Å². The number of benzene rings is 1. The number of piperidine rings is 1. The topological polar surface area (TPSA) is 52.9 Å². The van der Waals surface area contributed by atoms with Crippen LogP contribution in [0.2, 0.25) is 0 Å². The number of nitrogens with zero attached hydrogens (tertiary/aromatic N) is 1. The standard InChI is InChI=1S/C19H29F2NO3/c1-3-5-14(6-4-2)22-10-9-18(23)19(24,12-22)13-25-15-7-8-16(20)17(21)11-15/h7-8,11,14,18,23-24H,3-6,9-10,12-13H2,1-2H3/t18-,19-/m0/s1. The summed E-state index contributed by atoms with van der Waals surface area (Å²) >= 11 is 0. The number of aliphatic hydroxyl groups excluding tert-OH is 1. The monoisotopic (exact) mass is 357 g/mol. The quantitative estimate of drug-likeness (QED) is 0.751. The molecule has 1 saturated heterocycles. The molecule has 2 N–H and O–H groups in total. The van der Waals surface area contributed by atoms with Crippen molar-refractivity contribution in [3.05, 3.63) is 29.8 Å². The van der Waals surface area contributed by atoms with E-state index in [-0.39, 0.29) is 12.4 Å². The number of ether oxygens (including phenoxy) is 1. The third-order valence-corrected chi connectivity index (χ3v) is 4.93. The molecular weight excluding hydrogens is 328 g/mol. The molecule has 0 saturated carbocycles.